The molecule has 3 unspecified atom stereocenters. The molecule has 0 aromatic heterocycles. The second kappa shape index (κ2) is 27.0. The van der Waals surface area contributed by atoms with E-state index in [2.05, 4.69) is 44.5 Å². The Morgan fingerprint density at radius 3 is 1.85 bits per heavy atom. The third kappa shape index (κ3) is 19.4. The van der Waals surface area contributed by atoms with E-state index < -0.39 is 0 Å². The van der Waals surface area contributed by atoms with Crippen LogP contribution in [0.3, 0.4) is 0 Å². The van der Waals surface area contributed by atoms with Crippen molar-refractivity contribution in [2.75, 3.05) is 20.6 Å². The van der Waals surface area contributed by atoms with E-state index in [9.17, 15) is 4.79 Å². The molecule has 0 amide bonds. The number of hydrogen-bond donors (Lipinski definition) is 2. The van der Waals surface area contributed by atoms with Crippen molar-refractivity contribution in [3.05, 3.63) is 12.7 Å². The second-order valence-corrected chi connectivity index (χ2v) is 6.04. The maximum absolute atomic E-state index is 12.6. The molecule has 0 saturated heterocycles. The summed E-state index contributed by atoms with van der Waals surface area (Å²) in [6, 6.07) is 0.126. The molecule has 0 radical (unpaired) electrons. The Bertz CT molecular complexity index is 321. The lowest BCUT2D eigenvalue weighted by Gasteiger charge is -2.36. The van der Waals surface area contributed by atoms with Crippen LogP contribution in [-0.2, 0) is 9.59 Å². The summed E-state index contributed by atoms with van der Waals surface area (Å²) in [6.45, 7) is 20.8. The molecule has 166 valence electrons. The Kier molecular flexibility index (Phi) is 36.7. The molecule has 5 heteroatoms. The summed E-state index contributed by atoms with van der Waals surface area (Å²) < 4.78 is 0. The third-order valence-corrected chi connectivity index (χ3v) is 3.76. The highest BCUT2D eigenvalue weighted by Gasteiger charge is 2.33. The largest absolute Gasteiger partial charge is 0.483 e. The highest BCUT2D eigenvalue weighted by Crippen LogP contribution is 2.18. The molecular weight excluding hydrogens is 340 g/mol. The van der Waals surface area contributed by atoms with Gasteiger partial charge in [0.15, 0.2) is 5.78 Å². The van der Waals surface area contributed by atoms with Gasteiger partial charge in [0.25, 0.3) is 6.47 Å². The van der Waals surface area contributed by atoms with Gasteiger partial charge >= 0.3 is 0 Å². The Hall–Kier alpha value is -1.20. The van der Waals surface area contributed by atoms with Crippen LogP contribution < -0.4 is 5.32 Å². The third-order valence-electron chi connectivity index (χ3n) is 3.76. The van der Waals surface area contributed by atoms with Crippen LogP contribution in [0.2, 0.25) is 0 Å². The summed E-state index contributed by atoms with van der Waals surface area (Å²) in [4.78, 5) is 23.1. The molecule has 0 rings (SSSR count). The van der Waals surface area contributed by atoms with Crippen molar-refractivity contribution < 1.29 is 14.7 Å². The molecule has 0 bridgehead atoms. The molecule has 5 nitrogen and oxygen atoms in total. The summed E-state index contributed by atoms with van der Waals surface area (Å²) in [5.41, 5.74) is 0. The van der Waals surface area contributed by atoms with Crippen LogP contribution in [0.4, 0.5) is 0 Å². The predicted octanol–water partition coefficient (Wildman–Crippen LogP) is 5.11. The SMILES string of the molecule is C.C=CCN(C)C(C(=O)CC(C)C)C(NC)C(C)CC.CC.CC.O=CO. The minimum atomic E-state index is -0.250. The van der Waals surface area contributed by atoms with Gasteiger partial charge < -0.3 is 10.4 Å². The number of carboxylic acid groups (broad SMARTS) is 1. The molecule has 0 heterocycles. The van der Waals surface area contributed by atoms with Gasteiger partial charge in [-0.25, -0.2) is 0 Å². The quantitative estimate of drug-likeness (QED) is 0.400. The molecule has 0 aliphatic rings. The van der Waals surface area contributed by atoms with Gasteiger partial charge in [-0.15, -0.1) is 6.58 Å². The molecule has 0 spiro atoms. The van der Waals surface area contributed by atoms with E-state index in [0.717, 1.165) is 13.0 Å². The summed E-state index contributed by atoms with van der Waals surface area (Å²) in [5, 5.41) is 10.2. The van der Waals surface area contributed by atoms with Gasteiger partial charge in [-0.2, -0.15) is 0 Å². The average Bonchev–Trinajstić information content (AvgIpc) is 2.62. The highest BCUT2D eigenvalue weighted by atomic mass is 16.3. The molecule has 27 heavy (non-hydrogen) atoms. The van der Waals surface area contributed by atoms with Crippen LogP contribution in [0.15, 0.2) is 12.7 Å². The normalized spacial score (nSPS) is 12.4. The van der Waals surface area contributed by atoms with Crippen LogP contribution in [0.5, 0.6) is 0 Å². The zero-order valence-corrected chi connectivity index (χ0v) is 19.0. The summed E-state index contributed by atoms with van der Waals surface area (Å²) in [6.07, 6.45) is 3.57. The fourth-order valence-electron chi connectivity index (χ4n) is 2.57. The van der Waals surface area contributed by atoms with Gasteiger partial charge in [-0.05, 0) is 25.9 Å². The van der Waals surface area contributed by atoms with Crippen LogP contribution in [0.25, 0.3) is 0 Å². The number of carbonyl (C=O) groups excluding carboxylic acids is 1. The van der Waals surface area contributed by atoms with Crippen molar-refractivity contribution in [1.82, 2.24) is 10.2 Å². The van der Waals surface area contributed by atoms with Gasteiger partial charge in [0, 0.05) is 19.0 Å². The fraction of sp³-hybridized carbons (Fsp3) is 0.818. The topological polar surface area (TPSA) is 69.6 Å². The van der Waals surface area contributed by atoms with Crippen molar-refractivity contribution in [2.45, 2.75) is 87.7 Å². The molecule has 0 aromatic rings. The maximum Gasteiger partial charge on any atom is 0.290 e. The number of rotatable bonds is 10. The van der Waals surface area contributed by atoms with Gasteiger partial charge in [0.05, 0.1) is 6.04 Å². The predicted molar refractivity (Wildman–Crippen MR) is 121 cm³/mol. The number of Topliss-reactive ketones (excluding diaryl/α,β-unsaturated/α-hetero) is 1. The maximum atomic E-state index is 12.6. The van der Waals surface area contributed by atoms with Gasteiger partial charge in [-0.1, -0.05) is 75.3 Å². The van der Waals surface area contributed by atoms with E-state index in [1.54, 1.807) is 0 Å². The summed E-state index contributed by atoms with van der Waals surface area (Å²) >= 11 is 0. The number of nitrogens with zero attached hydrogens (tertiary/aromatic N) is 1. The second-order valence-electron chi connectivity index (χ2n) is 6.04. The first kappa shape index (κ1) is 36.7. The Labute approximate surface area is 170 Å². The van der Waals surface area contributed by atoms with Crippen LogP contribution in [-0.4, -0.2) is 55.0 Å². The van der Waals surface area contributed by atoms with Crippen molar-refractivity contribution >= 4 is 12.3 Å². The van der Waals surface area contributed by atoms with Gasteiger partial charge in [-0.3, -0.25) is 14.5 Å². The standard InChI is InChI=1S/C16H32N2O.2C2H6.CH2O2.CH4/c1-8-10-18(7)16(14(19)11-12(3)4)15(17-6)13(5)9-2;2*1-2;2-1-3;/h8,12-13,15-17H,1,9-11H2,2-7H3;2*1-2H3;1H,(H,2,3);1H4. The first-order valence-electron chi connectivity index (χ1n) is 9.89. The lowest BCUT2D eigenvalue weighted by atomic mass is 9.87. The molecule has 0 aliphatic carbocycles. The van der Waals surface area contributed by atoms with Crippen LogP contribution in [0.1, 0.15) is 75.7 Å². The van der Waals surface area contributed by atoms with Crippen molar-refractivity contribution in [3.8, 4) is 0 Å². The Balaban J connectivity index is -0.000000177. The lowest BCUT2D eigenvalue weighted by Crippen LogP contribution is -2.55. The number of likely N-dealkylation sites (N-methyl/N-ethyl adjacent to an activating group) is 2. The van der Waals surface area contributed by atoms with E-state index in [1.165, 1.54) is 0 Å². The van der Waals surface area contributed by atoms with Gasteiger partial charge in [0.2, 0.25) is 0 Å². The van der Waals surface area contributed by atoms with Crippen molar-refractivity contribution in [3.63, 3.8) is 0 Å². The van der Waals surface area contributed by atoms with Crippen molar-refractivity contribution in [1.29, 1.82) is 0 Å². The first-order valence-corrected chi connectivity index (χ1v) is 9.89. The molecule has 0 aromatic carbocycles. The molecule has 0 saturated carbocycles. The summed E-state index contributed by atoms with van der Waals surface area (Å²) in [7, 11) is 3.96. The Morgan fingerprint density at radius 2 is 1.59 bits per heavy atom. The van der Waals surface area contributed by atoms with Gasteiger partial charge in [0.1, 0.15) is 0 Å². The monoisotopic (exact) mass is 390 g/mol. The number of carbonyl (C=O) groups is 2. The van der Waals surface area contributed by atoms with Crippen LogP contribution >= 0.6 is 0 Å². The van der Waals surface area contributed by atoms with Crippen LogP contribution in [0, 0.1) is 11.8 Å². The van der Waals surface area contributed by atoms with E-state index in [0.29, 0.717) is 24.0 Å². The minimum absolute atomic E-state index is 0. The average molecular weight is 391 g/mol. The number of nitrogens with one attached hydrogen (secondary N) is 1. The molecule has 0 aliphatic heterocycles. The lowest BCUT2D eigenvalue weighted by molar-refractivity contribution is -0.126. The minimum Gasteiger partial charge on any atom is -0.483 e. The first-order chi connectivity index (χ1) is 12.3. The van der Waals surface area contributed by atoms with E-state index in [-0.39, 0.29) is 26.0 Å². The zero-order chi connectivity index (χ0) is 21.7. The fourth-order valence-corrected chi connectivity index (χ4v) is 2.57. The smallest absolute Gasteiger partial charge is 0.290 e. The number of ketones is 1. The van der Waals surface area contributed by atoms with E-state index in [1.807, 2.05) is 47.9 Å². The summed E-state index contributed by atoms with van der Waals surface area (Å²) in [5.74, 6) is 1.21. The zero-order valence-electron chi connectivity index (χ0n) is 19.0. The highest BCUT2D eigenvalue weighted by molar-refractivity contribution is 5.85. The molecule has 2 N–H and O–H groups in total. The van der Waals surface area contributed by atoms with Crippen molar-refractivity contribution in [2.24, 2.45) is 11.8 Å². The Morgan fingerprint density at radius 1 is 1.19 bits per heavy atom. The van der Waals surface area contributed by atoms with E-state index >= 15 is 0 Å². The molecular formula is C22H50N2O3. The molecule has 0 fully saturated rings. The molecule has 3 atom stereocenters. The van der Waals surface area contributed by atoms with E-state index in [4.69, 9.17) is 9.90 Å². The number of hydrogen-bond acceptors (Lipinski definition) is 4.